The Labute approximate surface area is 236 Å². The van der Waals surface area contributed by atoms with E-state index in [0.29, 0.717) is 29.8 Å². The molecular formula is C28H34ClF2N5O4. The lowest BCUT2D eigenvalue weighted by Gasteiger charge is -2.26. The highest BCUT2D eigenvalue weighted by Gasteiger charge is 2.27. The fourth-order valence-electron chi connectivity index (χ4n) is 4.50. The second kappa shape index (κ2) is 15.3. The maximum atomic E-state index is 12.1. The molecule has 2 fully saturated rings. The summed E-state index contributed by atoms with van der Waals surface area (Å²) < 4.78 is 30.8. The molecular weight excluding hydrogens is 544 g/mol. The van der Waals surface area contributed by atoms with Gasteiger partial charge in [0.1, 0.15) is 22.8 Å². The summed E-state index contributed by atoms with van der Waals surface area (Å²) in [5, 5.41) is 13.4. The van der Waals surface area contributed by atoms with Crippen molar-refractivity contribution >= 4 is 40.8 Å². The largest absolute Gasteiger partial charge is 0.506 e. The van der Waals surface area contributed by atoms with E-state index in [0.717, 1.165) is 45.1 Å². The SMILES string of the molecule is C1CCOC1.C=CC(=O)N1CCCCC(n2c(NC)nc3ccc(O)c(Cl)c32)C1.O=Cc1ccnc(C(F)F)c1. The Bertz CT molecular complexity index is 1290. The summed E-state index contributed by atoms with van der Waals surface area (Å²) in [5.74, 6) is 0.641. The molecule has 40 heavy (non-hydrogen) atoms. The van der Waals surface area contributed by atoms with Gasteiger partial charge in [-0.25, -0.2) is 13.8 Å². The lowest BCUT2D eigenvalue weighted by atomic mass is 10.1. The summed E-state index contributed by atoms with van der Waals surface area (Å²) in [6.45, 7) is 6.88. The van der Waals surface area contributed by atoms with Gasteiger partial charge in [-0.3, -0.25) is 14.6 Å². The number of halogens is 3. The normalized spacial score (nSPS) is 16.8. The molecule has 5 rings (SSSR count). The summed E-state index contributed by atoms with van der Waals surface area (Å²) in [7, 11) is 1.80. The second-order valence-electron chi connectivity index (χ2n) is 9.21. The van der Waals surface area contributed by atoms with Gasteiger partial charge in [-0.05, 0) is 62.4 Å². The van der Waals surface area contributed by atoms with Crippen molar-refractivity contribution in [1.82, 2.24) is 19.4 Å². The summed E-state index contributed by atoms with van der Waals surface area (Å²) in [6, 6.07) is 5.76. The molecule has 3 aromatic rings. The molecule has 2 aliphatic heterocycles. The molecule has 2 N–H and O–H groups in total. The summed E-state index contributed by atoms with van der Waals surface area (Å²) in [6.07, 6.45) is 5.86. The molecule has 2 aromatic heterocycles. The topological polar surface area (TPSA) is 110 Å². The van der Waals surface area contributed by atoms with Gasteiger partial charge in [0.15, 0.2) is 0 Å². The first-order valence-electron chi connectivity index (χ1n) is 13.1. The minimum Gasteiger partial charge on any atom is -0.506 e. The zero-order chi connectivity index (χ0) is 29.1. The van der Waals surface area contributed by atoms with Gasteiger partial charge in [0.2, 0.25) is 11.9 Å². The highest BCUT2D eigenvalue weighted by atomic mass is 35.5. The van der Waals surface area contributed by atoms with E-state index in [1.165, 1.54) is 31.2 Å². The number of carbonyl (C=O) groups is 2. The van der Waals surface area contributed by atoms with Crippen LogP contribution in [0.5, 0.6) is 5.75 Å². The highest BCUT2D eigenvalue weighted by molar-refractivity contribution is 6.36. The first-order valence-corrected chi connectivity index (χ1v) is 13.4. The first-order chi connectivity index (χ1) is 19.3. The van der Waals surface area contributed by atoms with Crippen LogP contribution in [-0.4, -0.2) is 70.1 Å². The summed E-state index contributed by atoms with van der Waals surface area (Å²) in [4.78, 5) is 31.9. The zero-order valence-corrected chi connectivity index (χ0v) is 23.1. The zero-order valence-electron chi connectivity index (χ0n) is 22.4. The van der Waals surface area contributed by atoms with Gasteiger partial charge in [-0.1, -0.05) is 18.2 Å². The van der Waals surface area contributed by atoms with Crippen LogP contribution in [0.25, 0.3) is 11.0 Å². The number of carbonyl (C=O) groups excluding carboxylic acids is 2. The molecule has 216 valence electrons. The Morgan fingerprint density at radius 3 is 2.60 bits per heavy atom. The Balaban J connectivity index is 0.000000225. The van der Waals surface area contributed by atoms with E-state index in [2.05, 4.69) is 21.9 Å². The lowest BCUT2D eigenvalue weighted by molar-refractivity contribution is -0.126. The number of alkyl halides is 2. The van der Waals surface area contributed by atoms with Crippen molar-refractivity contribution in [2.75, 3.05) is 38.7 Å². The van der Waals surface area contributed by atoms with Gasteiger partial charge in [-0.15, -0.1) is 0 Å². The van der Waals surface area contributed by atoms with Crippen LogP contribution in [0.3, 0.4) is 0 Å². The first kappa shape index (κ1) is 31.0. The number of benzene rings is 1. The highest BCUT2D eigenvalue weighted by Crippen LogP contribution is 2.37. The third-order valence-electron chi connectivity index (χ3n) is 6.48. The molecule has 0 aliphatic carbocycles. The number of rotatable bonds is 5. The van der Waals surface area contributed by atoms with Gasteiger partial charge < -0.3 is 24.6 Å². The quantitative estimate of drug-likeness (QED) is 0.291. The Morgan fingerprint density at radius 1 is 1.25 bits per heavy atom. The van der Waals surface area contributed by atoms with E-state index < -0.39 is 6.43 Å². The van der Waals surface area contributed by atoms with Crippen molar-refractivity contribution in [2.45, 2.75) is 44.6 Å². The molecule has 1 amide bonds. The number of nitrogens with one attached hydrogen (secondary N) is 1. The molecule has 0 radical (unpaired) electrons. The molecule has 0 bridgehead atoms. The number of phenolic OH excluding ortho intramolecular Hbond substituents is 1. The molecule has 2 aliphatic rings. The maximum Gasteiger partial charge on any atom is 0.280 e. The third-order valence-corrected chi connectivity index (χ3v) is 6.86. The number of aromatic nitrogens is 3. The molecule has 2 saturated heterocycles. The van der Waals surface area contributed by atoms with Crippen LogP contribution in [-0.2, 0) is 9.53 Å². The lowest BCUT2D eigenvalue weighted by Crippen LogP contribution is -2.34. The average molecular weight is 578 g/mol. The van der Waals surface area contributed by atoms with E-state index in [-0.39, 0.29) is 34.0 Å². The van der Waals surface area contributed by atoms with Crippen LogP contribution in [0, 0.1) is 0 Å². The van der Waals surface area contributed by atoms with Crippen LogP contribution in [0.2, 0.25) is 5.02 Å². The standard InChI is InChI=1S/C17H21ClN4O2.C7H5F2NO.C4H8O/c1-3-14(24)21-9-5-4-6-11(10-21)22-16-12(20-17(22)19-2)7-8-13(23)15(16)18;8-7(9)6-3-5(4-11)1-2-10-6;1-2-4-5-3-1/h3,7-8,11,23H,1,4-6,9-10H2,2H3,(H,19,20);1-4,7H;1-4H2. The fourth-order valence-corrected chi connectivity index (χ4v) is 4.75. The number of pyridine rings is 1. The maximum absolute atomic E-state index is 12.1. The molecule has 12 heteroatoms. The number of fused-ring (bicyclic) bond motifs is 1. The summed E-state index contributed by atoms with van der Waals surface area (Å²) in [5.41, 5.74) is 1.26. The van der Waals surface area contributed by atoms with Crippen LogP contribution in [0.4, 0.5) is 14.7 Å². The number of amides is 1. The molecule has 1 atom stereocenters. The molecule has 0 spiro atoms. The van der Waals surface area contributed by atoms with Crippen LogP contribution in [0.15, 0.2) is 43.1 Å². The van der Waals surface area contributed by atoms with Crippen molar-refractivity contribution in [2.24, 2.45) is 0 Å². The number of imidazole rings is 1. The summed E-state index contributed by atoms with van der Waals surface area (Å²) >= 11 is 6.35. The van der Waals surface area contributed by atoms with Crippen LogP contribution >= 0.6 is 11.6 Å². The predicted molar refractivity (Wildman–Crippen MR) is 150 cm³/mol. The van der Waals surface area contributed by atoms with Gasteiger partial charge in [0.25, 0.3) is 6.43 Å². The minimum atomic E-state index is -2.62. The Morgan fingerprint density at radius 2 is 2.00 bits per heavy atom. The molecule has 9 nitrogen and oxygen atoms in total. The van der Waals surface area contributed by atoms with Crippen LogP contribution in [0.1, 0.15) is 60.6 Å². The molecule has 0 saturated carbocycles. The van der Waals surface area contributed by atoms with E-state index in [9.17, 15) is 23.5 Å². The smallest absolute Gasteiger partial charge is 0.280 e. The van der Waals surface area contributed by atoms with Crippen molar-refractivity contribution in [3.63, 3.8) is 0 Å². The molecule has 1 aromatic carbocycles. The van der Waals surface area contributed by atoms with Crippen molar-refractivity contribution < 1.29 is 28.2 Å². The Kier molecular flexibility index (Phi) is 11.8. The number of likely N-dealkylation sites (tertiary alicyclic amines) is 1. The number of hydrogen-bond donors (Lipinski definition) is 2. The van der Waals surface area contributed by atoms with Crippen molar-refractivity contribution in [3.05, 3.63) is 59.4 Å². The van der Waals surface area contributed by atoms with Crippen molar-refractivity contribution in [3.8, 4) is 5.75 Å². The second-order valence-corrected chi connectivity index (χ2v) is 9.59. The number of aldehydes is 1. The minimum absolute atomic E-state index is 0.0283. The third kappa shape index (κ3) is 7.98. The number of aromatic hydroxyl groups is 1. The van der Waals surface area contributed by atoms with Gasteiger partial charge >= 0.3 is 0 Å². The molecule has 4 heterocycles. The van der Waals surface area contributed by atoms with Gasteiger partial charge in [0.05, 0.1) is 17.1 Å². The van der Waals surface area contributed by atoms with Gasteiger partial charge in [0, 0.05) is 45.1 Å². The fraction of sp³-hybridized carbons (Fsp3) is 0.429. The van der Waals surface area contributed by atoms with E-state index in [1.54, 1.807) is 19.2 Å². The number of hydrogen-bond acceptors (Lipinski definition) is 7. The van der Waals surface area contributed by atoms with Gasteiger partial charge in [-0.2, -0.15) is 0 Å². The molecule has 1 unspecified atom stereocenters. The number of ether oxygens (including phenoxy) is 1. The number of nitrogens with zero attached hydrogens (tertiary/aromatic N) is 4. The van der Waals surface area contributed by atoms with Crippen molar-refractivity contribution in [1.29, 1.82) is 0 Å². The monoisotopic (exact) mass is 577 g/mol. The number of phenols is 1. The van der Waals surface area contributed by atoms with E-state index >= 15 is 0 Å². The van der Waals surface area contributed by atoms with E-state index in [4.69, 9.17) is 16.3 Å². The number of anilines is 1. The predicted octanol–water partition coefficient (Wildman–Crippen LogP) is 5.81. The Hall–Kier alpha value is -3.57. The van der Waals surface area contributed by atoms with E-state index in [1.807, 2.05) is 9.47 Å². The van der Waals surface area contributed by atoms with Crippen LogP contribution < -0.4 is 5.32 Å². The average Bonchev–Trinajstić information content (AvgIpc) is 3.62.